The quantitative estimate of drug-likeness (QED) is 0.243. The Balaban J connectivity index is 1.63. The number of halogens is 3. The molecule has 0 aliphatic heterocycles. The van der Waals surface area contributed by atoms with Crippen LogP contribution in [0.1, 0.15) is 22.6 Å². The van der Waals surface area contributed by atoms with E-state index in [-0.39, 0.29) is 5.69 Å². The maximum Gasteiger partial charge on any atom is 0.159 e. The minimum atomic E-state index is -0.540. The van der Waals surface area contributed by atoms with Crippen molar-refractivity contribution in [1.29, 1.82) is 5.26 Å². The van der Waals surface area contributed by atoms with Gasteiger partial charge in [0.15, 0.2) is 16.8 Å². The van der Waals surface area contributed by atoms with Crippen LogP contribution in [0.3, 0.4) is 0 Å². The number of aromatic nitrogens is 3. The molecule has 0 saturated heterocycles. The molecule has 0 aliphatic rings. The lowest BCUT2D eigenvalue weighted by molar-refractivity contribution is 1.03. The number of anilines is 5. The summed E-state index contributed by atoms with van der Waals surface area (Å²) in [5.41, 5.74) is 10.2. The largest absolute Gasteiger partial charge is 0.393 e. The van der Waals surface area contributed by atoms with Crippen LogP contribution < -0.4 is 16.4 Å². The topological polar surface area (TPSA) is 113 Å². The molecule has 0 saturated carbocycles. The van der Waals surface area contributed by atoms with Gasteiger partial charge in [-0.2, -0.15) is 5.26 Å². The second-order valence-electron chi connectivity index (χ2n) is 7.38. The normalized spacial score (nSPS) is 11.5. The van der Waals surface area contributed by atoms with Crippen molar-refractivity contribution in [2.24, 2.45) is 0 Å². The summed E-state index contributed by atoms with van der Waals surface area (Å²) in [5.74, 6) is 0.223. The van der Waals surface area contributed by atoms with E-state index in [1.807, 2.05) is 25.1 Å². The third-order valence-electron chi connectivity index (χ3n) is 5.14. The van der Waals surface area contributed by atoms with E-state index >= 15 is 0 Å². The van der Waals surface area contributed by atoms with Crippen molar-refractivity contribution in [1.82, 2.24) is 15.0 Å². The first kappa shape index (κ1) is 23.6. The molecule has 0 spiro atoms. The van der Waals surface area contributed by atoms with E-state index in [2.05, 4.69) is 31.7 Å². The monoisotopic (exact) mass is 509 g/mol. The van der Waals surface area contributed by atoms with E-state index < -0.39 is 5.92 Å². The van der Waals surface area contributed by atoms with Gasteiger partial charge < -0.3 is 16.4 Å². The number of hydrogen-bond donors (Lipinski definition) is 3. The fourth-order valence-corrected chi connectivity index (χ4v) is 3.93. The van der Waals surface area contributed by atoms with E-state index in [1.54, 1.807) is 36.5 Å². The number of hydrogen-bond acceptors (Lipinski definition) is 7. The Bertz CT molecular complexity index is 1380. The smallest absolute Gasteiger partial charge is 0.159 e. The number of nitrogens with one attached hydrogen (secondary N) is 2. The van der Waals surface area contributed by atoms with E-state index in [0.717, 1.165) is 11.1 Å². The van der Waals surface area contributed by atoms with Gasteiger partial charge in [-0.1, -0.05) is 53.0 Å². The molecule has 2 heterocycles. The van der Waals surface area contributed by atoms with Crippen molar-refractivity contribution in [3.63, 3.8) is 0 Å². The maximum atomic E-state index is 9.82. The summed E-state index contributed by atoms with van der Waals surface area (Å²) in [5, 5.41) is 17.4. The molecule has 7 nitrogen and oxygen atoms in total. The van der Waals surface area contributed by atoms with Gasteiger partial charge in [-0.25, -0.2) is 15.0 Å². The Morgan fingerprint density at radius 2 is 1.62 bits per heavy atom. The molecule has 4 N–H and O–H groups in total. The molecular formula is C24H18Cl3N7. The Labute approximate surface area is 211 Å². The zero-order valence-corrected chi connectivity index (χ0v) is 20.1. The van der Waals surface area contributed by atoms with Gasteiger partial charge in [0.2, 0.25) is 0 Å². The summed E-state index contributed by atoms with van der Waals surface area (Å²) in [4.78, 5) is 12.5. The van der Waals surface area contributed by atoms with Crippen molar-refractivity contribution < 1.29 is 0 Å². The molecule has 10 heteroatoms. The zero-order chi connectivity index (χ0) is 24.2. The number of nitriles is 1. The van der Waals surface area contributed by atoms with Crippen LogP contribution >= 0.6 is 34.8 Å². The summed E-state index contributed by atoms with van der Waals surface area (Å²) in [6.45, 7) is 1.91. The van der Waals surface area contributed by atoms with Gasteiger partial charge in [-0.05, 0) is 53.9 Å². The number of aryl methyl sites for hydroxylation is 1. The van der Waals surface area contributed by atoms with Crippen molar-refractivity contribution in [3.8, 4) is 6.07 Å². The fourth-order valence-electron chi connectivity index (χ4n) is 3.37. The Morgan fingerprint density at radius 3 is 2.26 bits per heavy atom. The highest BCUT2D eigenvalue weighted by Crippen LogP contribution is 2.36. The lowest BCUT2D eigenvalue weighted by atomic mass is 9.91. The highest BCUT2D eigenvalue weighted by atomic mass is 35.5. The lowest BCUT2D eigenvalue weighted by Gasteiger charge is -2.17. The Hall–Kier alpha value is -3.57. The first-order chi connectivity index (χ1) is 16.4. The van der Waals surface area contributed by atoms with Crippen LogP contribution in [0.15, 0.2) is 61.1 Å². The third-order valence-corrected chi connectivity index (χ3v) is 6.02. The van der Waals surface area contributed by atoms with Gasteiger partial charge >= 0.3 is 0 Å². The molecule has 170 valence electrons. The summed E-state index contributed by atoms with van der Waals surface area (Å²) < 4.78 is 0. The second-order valence-corrected chi connectivity index (χ2v) is 8.58. The molecule has 0 amide bonds. The van der Waals surface area contributed by atoms with Crippen LogP contribution in [-0.4, -0.2) is 15.0 Å². The molecule has 0 aliphatic carbocycles. The number of nitrogens with two attached hydrogens (primary N) is 1. The second kappa shape index (κ2) is 10.1. The summed E-state index contributed by atoms with van der Waals surface area (Å²) >= 11 is 18.7. The maximum absolute atomic E-state index is 9.82. The first-order valence-electron chi connectivity index (χ1n) is 10.1. The molecule has 1 unspecified atom stereocenters. The van der Waals surface area contributed by atoms with Gasteiger partial charge in [-0.15, -0.1) is 0 Å². The van der Waals surface area contributed by atoms with E-state index in [4.69, 9.17) is 40.5 Å². The van der Waals surface area contributed by atoms with Gasteiger partial charge in [0.05, 0.1) is 17.7 Å². The molecule has 4 rings (SSSR count). The lowest BCUT2D eigenvalue weighted by Crippen LogP contribution is -2.07. The SMILES string of the molecule is Cc1cc(C(C#N)c2ccc(Cl)cc2)c(Cl)cc1Nc1ncnc(Nc2cccnc2Cl)c1N. The molecular weight excluding hydrogens is 493 g/mol. The van der Waals surface area contributed by atoms with Gasteiger partial charge in [0.25, 0.3) is 0 Å². The molecule has 0 fully saturated rings. The van der Waals surface area contributed by atoms with Gasteiger partial charge in [-0.3, -0.25) is 0 Å². The predicted molar refractivity (Wildman–Crippen MR) is 137 cm³/mol. The molecule has 4 aromatic rings. The first-order valence-corrected chi connectivity index (χ1v) is 11.2. The standard InChI is InChI=1S/C24H18Cl3N7/c1-13-9-16(17(11-28)14-4-6-15(25)7-5-14)18(26)10-20(13)34-24-21(29)23(31-12-32-24)33-19-3-2-8-30-22(19)27/h2-10,12,17H,29H2,1H3,(H2,31,32,33,34). The van der Waals surface area contributed by atoms with E-state index in [9.17, 15) is 5.26 Å². The van der Waals surface area contributed by atoms with Gasteiger partial charge in [0.1, 0.15) is 12.0 Å². The third kappa shape index (κ3) is 5.00. The van der Waals surface area contributed by atoms with Crippen molar-refractivity contribution in [3.05, 3.63) is 92.9 Å². The molecule has 1 atom stereocenters. The average molecular weight is 511 g/mol. The minimum Gasteiger partial charge on any atom is -0.393 e. The highest BCUT2D eigenvalue weighted by Gasteiger charge is 2.19. The summed E-state index contributed by atoms with van der Waals surface area (Å²) in [6.07, 6.45) is 2.96. The van der Waals surface area contributed by atoms with Crippen LogP contribution in [0, 0.1) is 18.3 Å². The van der Waals surface area contributed by atoms with Crippen LogP contribution in [0.2, 0.25) is 15.2 Å². The molecule has 2 aromatic carbocycles. The summed E-state index contributed by atoms with van der Waals surface area (Å²) in [6, 6.07) is 16.6. The number of rotatable bonds is 6. The number of benzene rings is 2. The average Bonchev–Trinajstić information content (AvgIpc) is 2.82. The fraction of sp³-hybridized carbons (Fsp3) is 0.0833. The van der Waals surface area contributed by atoms with E-state index in [0.29, 0.717) is 43.8 Å². The van der Waals surface area contributed by atoms with Crippen LogP contribution in [-0.2, 0) is 0 Å². The molecule has 0 bridgehead atoms. The molecule has 34 heavy (non-hydrogen) atoms. The van der Waals surface area contributed by atoms with Crippen LogP contribution in [0.25, 0.3) is 0 Å². The number of nitrogens with zero attached hydrogens (tertiary/aromatic N) is 4. The van der Waals surface area contributed by atoms with Crippen molar-refractivity contribution >= 4 is 63.5 Å². The molecule has 2 aromatic heterocycles. The minimum absolute atomic E-state index is 0.290. The number of nitrogen functional groups attached to an aromatic ring is 1. The van der Waals surface area contributed by atoms with Crippen molar-refractivity contribution in [2.45, 2.75) is 12.8 Å². The van der Waals surface area contributed by atoms with Crippen molar-refractivity contribution in [2.75, 3.05) is 16.4 Å². The van der Waals surface area contributed by atoms with Gasteiger partial charge in [0, 0.05) is 21.9 Å². The zero-order valence-electron chi connectivity index (χ0n) is 17.9. The predicted octanol–water partition coefficient (Wildman–Crippen LogP) is 6.87. The number of pyridine rings is 1. The van der Waals surface area contributed by atoms with Crippen LogP contribution in [0.5, 0.6) is 0 Å². The summed E-state index contributed by atoms with van der Waals surface area (Å²) in [7, 11) is 0. The van der Waals surface area contributed by atoms with E-state index in [1.165, 1.54) is 6.33 Å². The molecule has 0 radical (unpaired) electrons. The Morgan fingerprint density at radius 1 is 0.941 bits per heavy atom. The Kier molecular flexibility index (Phi) is 7.03. The highest BCUT2D eigenvalue weighted by molar-refractivity contribution is 6.32. The van der Waals surface area contributed by atoms with Crippen LogP contribution in [0.4, 0.5) is 28.7 Å².